The quantitative estimate of drug-likeness (QED) is 0.625. The second-order valence-corrected chi connectivity index (χ2v) is 4.57. The summed E-state index contributed by atoms with van der Waals surface area (Å²) in [5.74, 6) is 0. The molecule has 1 aromatic heterocycles. The third-order valence-corrected chi connectivity index (χ3v) is 3.32. The van der Waals surface area contributed by atoms with Crippen molar-refractivity contribution in [3.8, 4) is 0 Å². The fourth-order valence-electron chi connectivity index (χ4n) is 2.21. The summed E-state index contributed by atoms with van der Waals surface area (Å²) in [4.78, 5) is 14.6. The van der Waals surface area contributed by atoms with Crippen molar-refractivity contribution >= 4 is 22.1 Å². The molecule has 106 valence electrons. The molecule has 6 heteroatoms. The van der Waals surface area contributed by atoms with Crippen LogP contribution in [-0.4, -0.2) is 27.7 Å². The first-order valence-electron chi connectivity index (χ1n) is 6.56. The molecule has 0 aliphatic rings. The van der Waals surface area contributed by atoms with Crippen molar-refractivity contribution in [2.24, 2.45) is 0 Å². The first-order valence-corrected chi connectivity index (χ1v) is 6.56. The topological polar surface area (TPSA) is 88.3 Å². The van der Waals surface area contributed by atoms with Gasteiger partial charge in [0.2, 0.25) is 0 Å². The molecule has 6 nitrogen and oxygen atoms in total. The van der Waals surface area contributed by atoms with Gasteiger partial charge in [-0.05, 0) is 25.0 Å². The number of nitro benzene ring substituents is 1. The van der Waals surface area contributed by atoms with Gasteiger partial charge in [-0.2, -0.15) is 0 Å². The predicted octanol–water partition coefficient (Wildman–Crippen LogP) is 2.72. The fraction of sp³-hybridized carbons (Fsp3) is 0.357. The molecule has 0 saturated carbocycles. The second kappa shape index (κ2) is 6.29. The van der Waals surface area contributed by atoms with Gasteiger partial charge in [0.05, 0.1) is 10.3 Å². The summed E-state index contributed by atoms with van der Waals surface area (Å²) in [6.45, 7) is 2.14. The van der Waals surface area contributed by atoms with Crippen molar-refractivity contribution in [3.05, 3.63) is 40.7 Å². The van der Waals surface area contributed by atoms with Gasteiger partial charge in [0, 0.05) is 42.2 Å². The van der Waals surface area contributed by atoms with E-state index in [1.807, 2.05) is 6.92 Å². The number of hydrogen-bond acceptors (Lipinski definition) is 5. The summed E-state index contributed by atoms with van der Waals surface area (Å²) < 4.78 is 0. The summed E-state index contributed by atoms with van der Waals surface area (Å²) >= 11 is 0. The van der Waals surface area contributed by atoms with Crippen LogP contribution in [0.5, 0.6) is 0 Å². The maximum absolute atomic E-state index is 11.0. The Hall–Kier alpha value is -2.21. The highest BCUT2D eigenvalue weighted by Crippen LogP contribution is 2.31. The average molecular weight is 275 g/mol. The Bertz CT molecular complexity index is 616. The van der Waals surface area contributed by atoms with Crippen LogP contribution >= 0.6 is 0 Å². The molecule has 1 atom stereocenters. The number of rotatable bonds is 6. The van der Waals surface area contributed by atoms with Crippen LogP contribution in [0.2, 0.25) is 0 Å². The van der Waals surface area contributed by atoms with Crippen molar-refractivity contribution in [2.45, 2.75) is 25.8 Å². The summed E-state index contributed by atoms with van der Waals surface area (Å²) in [6.07, 6.45) is 4.63. The van der Waals surface area contributed by atoms with E-state index in [0.717, 1.165) is 17.5 Å². The molecule has 0 fully saturated rings. The smallest absolute Gasteiger partial charge is 0.278 e. The summed E-state index contributed by atoms with van der Waals surface area (Å²) in [6, 6.07) is 5.09. The van der Waals surface area contributed by atoms with Crippen molar-refractivity contribution in [2.75, 3.05) is 11.9 Å². The Labute approximate surface area is 116 Å². The number of nitrogens with one attached hydrogen (secondary N) is 1. The van der Waals surface area contributed by atoms with Gasteiger partial charge in [-0.15, -0.1) is 0 Å². The number of aliphatic hydroxyl groups excluding tert-OH is 1. The molecule has 0 aliphatic carbocycles. The third kappa shape index (κ3) is 2.85. The van der Waals surface area contributed by atoms with Gasteiger partial charge in [-0.3, -0.25) is 15.1 Å². The normalized spacial score (nSPS) is 12.3. The van der Waals surface area contributed by atoms with Crippen molar-refractivity contribution < 1.29 is 10.0 Å². The molecule has 0 amide bonds. The van der Waals surface area contributed by atoms with Crippen LogP contribution in [0.15, 0.2) is 30.6 Å². The molecule has 0 bridgehead atoms. The molecule has 2 N–H and O–H groups in total. The second-order valence-electron chi connectivity index (χ2n) is 4.57. The number of nitrogens with zero attached hydrogens (tertiary/aromatic N) is 2. The molecule has 1 heterocycles. The van der Waals surface area contributed by atoms with Crippen molar-refractivity contribution in [1.82, 2.24) is 4.98 Å². The molecule has 0 spiro atoms. The number of nitro groups is 1. The lowest BCUT2D eigenvalue weighted by atomic mass is 10.1. The highest BCUT2D eigenvalue weighted by Gasteiger charge is 2.15. The number of aliphatic hydroxyl groups is 1. The van der Waals surface area contributed by atoms with Gasteiger partial charge in [0.25, 0.3) is 5.69 Å². The largest absolute Gasteiger partial charge is 0.396 e. The molecule has 1 unspecified atom stereocenters. The van der Waals surface area contributed by atoms with Crippen LogP contribution in [0, 0.1) is 10.1 Å². The standard InChI is InChI=1S/C14H17N3O3/c1-2-10(6-8-18)16-13-3-4-14(17(19)20)12-9-15-7-5-11(12)13/h3-5,7,9-10,16,18H,2,6,8H2,1H3. The number of anilines is 1. The van der Waals surface area contributed by atoms with Gasteiger partial charge >= 0.3 is 0 Å². The molecule has 1 aromatic carbocycles. The van der Waals surface area contributed by atoms with Crippen LogP contribution in [0.1, 0.15) is 19.8 Å². The zero-order valence-corrected chi connectivity index (χ0v) is 11.2. The number of benzene rings is 1. The van der Waals surface area contributed by atoms with Crippen molar-refractivity contribution in [3.63, 3.8) is 0 Å². The number of hydrogen-bond donors (Lipinski definition) is 2. The SMILES string of the molecule is CCC(CCO)Nc1ccc([N+](=O)[O-])c2cnccc12. The number of pyridine rings is 1. The van der Waals surface area contributed by atoms with Crippen LogP contribution < -0.4 is 5.32 Å². The van der Waals surface area contributed by atoms with E-state index >= 15 is 0 Å². The predicted molar refractivity (Wildman–Crippen MR) is 77.8 cm³/mol. The van der Waals surface area contributed by atoms with E-state index in [1.54, 1.807) is 18.3 Å². The molecule has 20 heavy (non-hydrogen) atoms. The summed E-state index contributed by atoms with van der Waals surface area (Å²) in [7, 11) is 0. The average Bonchev–Trinajstić information content (AvgIpc) is 2.46. The van der Waals surface area contributed by atoms with Gasteiger partial charge in [-0.25, -0.2) is 0 Å². The summed E-state index contributed by atoms with van der Waals surface area (Å²) in [5, 5.41) is 24.7. The Morgan fingerprint density at radius 1 is 1.40 bits per heavy atom. The highest BCUT2D eigenvalue weighted by atomic mass is 16.6. The summed E-state index contributed by atoms with van der Waals surface area (Å²) in [5.41, 5.74) is 0.877. The van der Waals surface area contributed by atoms with E-state index in [0.29, 0.717) is 11.8 Å². The van der Waals surface area contributed by atoms with Crippen LogP contribution in [0.3, 0.4) is 0 Å². The maximum Gasteiger partial charge on any atom is 0.278 e. The molecular weight excluding hydrogens is 258 g/mol. The van der Waals surface area contributed by atoms with E-state index in [4.69, 9.17) is 5.11 Å². The first kappa shape index (κ1) is 14.2. The van der Waals surface area contributed by atoms with Gasteiger partial charge < -0.3 is 10.4 Å². The third-order valence-electron chi connectivity index (χ3n) is 3.32. The monoisotopic (exact) mass is 275 g/mol. The first-order chi connectivity index (χ1) is 9.67. The lowest BCUT2D eigenvalue weighted by Gasteiger charge is -2.18. The molecule has 0 radical (unpaired) electrons. The molecule has 2 aromatic rings. The van der Waals surface area contributed by atoms with Gasteiger partial charge in [-0.1, -0.05) is 6.92 Å². The Balaban J connectivity index is 2.45. The minimum absolute atomic E-state index is 0.0499. The van der Waals surface area contributed by atoms with E-state index in [9.17, 15) is 10.1 Å². The van der Waals surface area contributed by atoms with E-state index in [1.165, 1.54) is 12.3 Å². The van der Waals surface area contributed by atoms with Crippen molar-refractivity contribution in [1.29, 1.82) is 0 Å². The fourth-order valence-corrected chi connectivity index (χ4v) is 2.21. The van der Waals surface area contributed by atoms with E-state index in [-0.39, 0.29) is 18.3 Å². The van der Waals surface area contributed by atoms with Gasteiger partial charge in [0.1, 0.15) is 0 Å². The maximum atomic E-state index is 11.0. The number of fused-ring (bicyclic) bond motifs is 1. The van der Waals surface area contributed by atoms with E-state index in [2.05, 4.69) is 10.3 Å². The van der Waals surface area contributed by atoms with Crippen LogP contribution in [0.25, 0.3) is 10.8 Å². The lowest BCUT2D eigenvalue weighted by molar-refractivity contribution is -0.383. The zero-order chi connectivity index (χ0) is 14.5. The Morgan fingerprint density at radius 3 is 2.85 bits per heavy atom. The lowest BCUT2D eigenvalue weighted by Crippen LogP contribution is -2.20. The highest BCUT2D eigenvalue weighted by molar-refractivity contribution is 5.99. The van der Waals surface area contributed by atoms with Crippen LogP contribution in [-0.2, 0) is 0 Å². The molecule has 0 saturated heterocycles. The molecule has 0 aliphatic heterocycles. The van der Waals surface area contributed by atoms with E-state index < -0.39 is 4.92 Å². The minimum Gasteiger partial charge on any atom is -0.396 e. The molecule has 2 rings (SSSR count). The number of non-ortho nitro benzene ring substituents is 1. The minimum atomic E-state index is -0.404. The van der Waals surface area contributed by atoms with Gasteiger partial charge in [0.15, 0.2) is 0 Å². The zero-order valence-electron chi connectivity index (χ0n) is 11.2. The Kier molecular flexibility index (Phi) is 4.47. The van der Waals surface area contributed by atoms with Crippen LogP contribution in [0.4, 0.5) is 11.4 Å². The molecular formula is C14H17N3O3. The Morgan fingerprint density at radius 2 is 2.20 bits per heavy atom. The number of aromatic nitrogens is 1.